The number of aliphatic carboxylic acids is 1. The summed E-state index contributed by atoms with van der Waals surface area (Å²) in [6, 6.07) is 1.16. The van der Waals surface area contributed by atoms with Crippen LogP contribution in [0.3, 0.4) is 0 Å². The summed E-state index contributed by atoms with van der Waals surface area (Å²) >= 11 is 0. The van der Waals surface area contributed by atoms with Crippen molar-refractivity contribution in [1.29, 1.82) is 0 Å². The van der Waals surface area contributed by atoms with Crippen molar-refractivity contribution in [3.63, 3.8) is 0 Å². The van der Waals surface area contributed by atoms with Gasteiger partial charge in [0, 0.05) is 13.1 Å². The van der Waals surface area contributed by atoms with Crippen molar-refractivity contribution in [2.75, 3.05) is 20.2 Å². The number of carboxylic acid groups (broad SMARTS) is 1. The molecule has 2 heterocycles. The number of urea groups is 1. The quantitative estimate of drug-likeness (QED) is 0.810. The largest absolute Gasteiger partial charge is 0.481 e. The van der Waals surface area contributed by atoms with Crippen molar-refractivity contribution in [2.24, 2.45) is 5.41 Å². The Morgan fingerprint density at radius 1 is 1.48 bits per heavy atom. The fourth-order valence-electron chi connectivity index (χ4n) is 2.53. The highest BCUT2D eigenvalue weighted by Gasteiger charge is 2.42. The van der Waals surface area contributed by atoms with E-state index in [1.165, 1.54) is 18.1 Å². The lowest BCUT2D eigenvalue weighted by Gasteiger charge is -2.20. The molecule has 2 rings (SSSR count). The molecule has 0 bridgehead atoms. The summed E-state index contributed by atoms with van der Waals surface area (Å²) in [5, 5.41) is 11.8. The van der Waals surface area contributed by atoms with Gasteiger partial charge in [0.05, 0.1) is 19.1 Å². The van der Waals surface area contributed by atoms with Crippen molar-refractivity contribution in [1.82, 2.24) is 10.2 Å². The molecule has 0 spiro atoms. The van der Waals surface area contributed by atoms with E-state index in [0.29, 0.717) is 30.0 Å². The van der Waals surface area contributed by atoms with E-state index in [1.807, 2.05) is 0 Å². The molecule has 1 unspecified atom stereocenters. The average molecular weight is 324 g/mol. The lowest BCUT2D eigenvalue weighted by molar-refractivity contribution is -0.147. The summed E-state index contributed by atoms with van der Waals surface area (Å²) in [7, 11) is 1.28. The van der Waals surface area contributed by atoms with Gasteiger partial charge >= 0.3 is 18.0 Å². The van der Waals surface area contributed by atoms with E-state index in [9.17, 15) is 19.5 Å². The van der Waals surface area contributed by atoms with Crippen LogP contribution in [0.1, 0.15) is 35.2 Å². The van der Waals surface area contributed by atoms with Gasteiger partial charge in [-0.05, 0) is 26.3 Å². The molecule has 126 valence electrons. The summed E-state index contributed by atoms with van der Waals surface area (Å²) in [4.78, 5) is 36.2. The minimum Gasteiger partial charge on any atom is -0.481 e. The number of rotatable bonds is 4. The first-order valence-electron chi connectivity index (χ1n) is 7.20. The van der Waals surface area contributed by atoms with Gasteiger partial charge < -0.3 is 24.5 Å². The van der Waals surface area contributed by atoms with Crippen LogP contribution in [0.2, 0.25) is 0 Å². The molecule has 1 aliphatic rings. The van der Waals surface area contributed by atoms with Crippen LogP contribution in [0.5, 0.6) is 0 Å². The molecule has 1 saturated heterocycles. The van der Waals surface area contributed by atoms with Gasteiger partial charge in [-0.1, -0.05) is 0 Å². The predicted octanol–water partition coefficient (Wildman–Crippen LogP) is 1.38. The standard InChI is InChI=1S/C15H20N2O6/c1-9-11(12(18)22-3)6-10(23-9)7-16-14(21)17-5-4-15(2,8-17)13(19)20/h6H,4-5,7-8H2,1-3H3,(H,16,21)(H,19,20). The number of carbonyl (C=O) groups excluding carboxylic acids is 2. The molecule has 0 saturated carbocycles. The van der Waals surface area contributed by atoms with Crippen LogP contribution in [-0.4, -0.2) is 48.2 Å². The molecule has 2 N–H and O–H groups in total. The third-order valence-corrected chi connectivity index (χ3v) is 4.06. The van der Waals surface area contributed by atoms with Crippen LogP contribution in [0, 0.1) is 12.3 Å². The highest BCUT2D eigenvalue weighted by atomic mass is 16.5. The zero-order chi connectivity index (χ0) is 17.2. The van der Waals surface area contributed by atoms with Crippen LogP contribution in [0.4, 0.5) is 4.79 Å². The third-order valence-electron chi connectivity index (χ3n) is 4.06. The maximum Gasteiger partial charge on any atom is 0.341 e. The molecule has 1 atom stereocenters. The number of nitrogens with one attached hydrogen (secondary N) is 1. The summed E-state index contributed by atoms with van der Waals surface area (Å²) in [6.45, 7) is 3.92. The molecule has 0 aliphatic carbocycles. The van der Waals surface area contributed by atoms with Gasteiger partial charge in [0.15, 0.2) is 0 Å². The average Bonchev–Trinajstić information content (AvgIpc) is 3.08. The molecule has 1 aromatic rings. The minimum atomic E-state index is -0.906. The maximum atomic E-state index is 12.1. The number of aryl methyl sites for hydroxylation is 1. The Morgan fingerprint density at radius 3 is 2.74 bits per heavy atom. The summed E-state index contributed by atoms with van der Waals surface area (Å²) in [6.07, 6.45) is 0.419. The smallest absolute Gasteiger partial charge is 0.341 e. The van der Waals surface area contributed by atoms with Crippen molar-refractivity contribution in [3.8, 4) is 0 Å². The number of likely N-dealkylation sites (tertiary alicyclic amines) is 1. The second-order valence-corrected chi connectivity index (χ2v) is 5.87. The Labute approximate surface area is 133 Å². The van der Waals surface area contributed by atoms with Gasteiger partial charge in [-0.15, -0.1) is 0 Å². The van der Waals surface area contributed by atoms with Gasteiger partial charge in [-0.25, -0.2) is 9.59 Å². The number of hydrogen-bond donors (Lipinski definition) is 2. The van der Waals surface area contributed by atoms with Gasteiger partial charge in [-0.3, -0.25) is 4.79 Å². The molecule has 0 radical (unpaired) electrons. The second-order valence-electron chi connectivity index (χ2n) is 5.87. The van der Waals surface area contributed by atoms with Crippen molar-refractivity contribution in [3.05, 3.63) is 23.2 Å². The number of carboxylic acids is 1. The molecule has 0 aromatic carbocycles. The molecule has 8 heteroatoms. The van der Waals surface area contributed by atoms with E-state index in [2.05, 4.69) is 10.1 Å². The maximum absolute atomic E-state index is 12.1. The zero-order valence-electron chi connectivity index (χ0n) is 13.3. The predicted molar refractivity (Wildman–Crippen MR) is 79.0 cm³/mol. The van der Waals surface area contributed by atoms with E-state index in [4.69, 9.17) is 4.42 Å². The second kappa shape index (κ2) is 6.31. The van der Waals surface area contributed by atoms with Crippen molar-refractivity contribution < 1.29 is 28.6 Å². The van der Waals surface area contributed by atoms with Gasteiger partial charge in [0.25, 0.3) is 0 Å². The lowest BCUT2D eigenvalue weighted by Crippen LogP contribution is -2.40. The molecule has 1 aliphatic heterocycles. The number of furan rings is 1. The summed E-state index contributed by atoms with van der Waals surface area (Å²) in [5.41, 5.74) is -0.590. The molecular weight excluding hydrogens is 304 g/mol. The molecule has 1 fully saturated rings. The summed E-state index contributed by atoms with van der Waals surface area (Å²) in [5.74, 6) is -0.560. The van der Waals surface area contributed by atoms with Crippen molar-refractivity contribution in [2.45, 2.75) is 26.8 Å². The molecule has 1 aromatic heterocycles. The minimum absolute atomic E-state index is 0.108. The van der Waals surface area contributed by atoms with Crippen LogP contribution in [0.25, 0.3) is 0 Å². The number of amides is 2. The van der Waals surface area contributed by atoms with E-state index in [1.54, 1.807) is 13.8 Å². The third kappa shape index (κ3) is 3.46. The van der Waals surface area contributed by atoms with Crippen LogP contribution in [0.15, 0.2) is 10.5 Å². The molecule has 23 heavy (non-hydrogen) atoms. The zero-order valence-corrected chi connectivity index (χ0v) is 13.3. The Morgan fingerprint density at radius 2 is 2.17 bits per heavy atom. The Bertz CT molecular complexity index is 638. The van der Waals surface area contributed by atoms with Crippen LogP contribution in [-0.2, 0) is 16.1 Å². The first kappa shape index (κ1) is 16.9. The SMILES string of the molecule is COC(=O)c1cc(CNC(=O)N2CCC(C)(C(=O)O)C2)oc1C. The number of esters is 1. The Hall–Kier alpha value is -2.51. The fraction of sp³-hybridized carbons (Fsp3) is 0.533. The van der Waals surface area contributed by atoms with E-state index >= 15 is 0 Å². The molecule has 8 nitrogen and oxygen atoms in total. The van der Waals surface area contributed by atoms with Crippen molar-refractivity contribution >= 4 is 18.0 Å². The topological polar surface area (TPSA) is 109 Å². The number of nitrogens with zero attached hydrogens (tertiary/aromatic N) is 1. The fourth-order valence-corrected chi connectivity index (χ4v) is 2.53. The van der Waals surface area contributed by atoms with Gasteiger partial charge in [0.1, 0.15) is 17.1 Å². The van der Waals surface area contributed by atoms with Gasteiger partial charge in [-0.2, -0.15) is 0 Å². The number of carbonyl (C=O) groups is 3. The van der Waals surface area contributed by atoms with Crippen LogP contribution >= 0.6 is 0 Å². The van der Waals surface area contributed by atoms with E-state index in [0.717, 1.165) is 0 Å². The molecule has 2 amide bonds. The number of ether oxygens (including phenoxy) is 1. The highest BCUT2D eigenvalue weighted by molar-refractivity contribution is 5.90. The monoisotopic (exact) mass is 324 g/mol. The van der Waals surface area contributed by atoms with E-state index < -0.39 is 17.4 Å². The first-order chi connectivity index (χ1) is 10.8. The Balaban J connectivity index is 1.93. The highest BCUT2D eigenvalue weighted by Crippen LogP contribution is 2.30. The molecular formula is C15H20N2O6. The summed E-state index contributed by atoms with van der Waals surface area (Å²) < 4.78 is 10.0. The van der Waals surface area contributed by atoms with E-state index in [-0.39, 0.29) is 19.1 Å². The number of methoxy groups -OCH3 is 1. The lowest BCUT2D eigenvalue weighted by atomic mass is 9.90. The van der Waals surface area contributed by atoms with Crippen LogP contribution < -0.4 is 5.32 Å². The van der Waals surface area contributed by atoms with Gasteiger partial charge in [0.2, 0.25) is 0 Å². The first-order valence-corrected chi connectivity index (χ1v) is 7.20. The Kier molecular flexibility index (Phi) is 4.63. The number of hydrogen-bond acceptors (Lipinski definition) is 5. The normalized spacial score (nSPS) is 20.4.